The van der Waals surface area contributed by atoms with Crippen molar-refractivity contribution in [2.24, 2.45) is 0 Å². The Balaban J connectivity index is 1.47. The van der Waals surface area contributed by atoms with Crippen molar-refractivity contribution in [3.8, 4) is 11.3 Å². The highest BCUT2D eigenvalue weighted by Gasteiger charge is 2.23. The molecule has 2 N–H and O–H groups in total. The first-order valence-corrected chi connectivity index (χ1v) is 13.1. The Kier molecular flexibility index (Phi) is 5.94. The van der Waals surface area contributed by atoms with Crippen molar-refractivity contribution in [2.75, 3.05) is 12.4 Å². The van der Waals surface area contributed by atoms with Gasteiger partial charge in [0.15, 0.2) is 0 Å². The molecule has 0 aliphatic carbocycles. The fourth-order valence-corrected chi connectivity index (χ4v) is 5.64. The summed E-state index contributed by atoms with van der Waals surface area (Å²) in [6.45, 7) is 7.39. The summed E-state index contributed by atoms with van der Waals surface area (Å²) >= 11 is 0. The first-order valence-electron chi connectivity index (χ1n) is 13.1. The number of hydrogen-bond donors (Lipinski definition) is 2. The number of aromatic nitrogens is 4. The quantitative estimate of drug-likeness (QED) is 0.334. The lowest BCUT2D eigenvalue weighted by atomic mass is 9.95. The van der Waals surface area contributed by atoms with Crippen LogP contribution in [-0.4, -0.2) is 32.3 Å². The normalized spacial score (nSPS) is 13.6. The SMILES string of the molecule is CNC(=O)c1ccc(-c2nc(C)ccc2NC(C)c2cc(C)cc3c(=O)n4c5c(cnn5CCC4)c23)cc1F. The molecule has 1 aliphatic rings. The van der Waals surface area contributed by atoms with Crippen molar-refractivity contribution >= 4 is 33.4 Å². The van der Waals surface area contributed by atoms with Gasteiger partial charge >= 0.3 is 0 Å². The zero-order valence-corrected chi connectivity index (χ0v) is 22.3. The second kappa shape index (κ2) is 9.34. The number of rotatable bonds is 5. The van der Waals surface area contributed by atoms with E-state index in [2.05, 4.69) is 21.8 Å². The molecular formula is C30H29FN6O2. The van der Waals surface area contributed by atoms with E-state index in [-0.39, 0.29) is 17.2 Å². The number of anilines is 1. The summed E-state index contributed by atoms with van der Waals surface area (Å²) < 4.78 is 18.6. The Morgan fingerprint density at radius 1 is 1.08 bits per heavy atom. The van der Waals surface area contributed by atoms with Gasteiger partial charge in [-0.2, -0.15) is 5.10 Å². The third kappa shape index (κ3) is 4.05. The number of carbonyl (C=O) groups is 1. The van der Waals surface area contributed by atoms with E-state index in [4.69, 9.17) is 4.98 Å². The molecule has 6 rings (SSSR count). The molecule has 198 valence electrons. The van der Waals surface area contributed by atoms with Gasteiger partial charge in [0, 0.05) is 53.6 Å². The lowest BCUT2D eigenvalue weighted by Gasteiger charge is -2.23. The molecule has 39 heavy (non-hydrogen) atoms. The summed E-state index contributed by atoms with van der Waals surface area (Å²) in [6.07, 6.45) is 2.74. The standard InChI is InChI=1S/C30H29FN6O2/c1-16-12-21(26-22(13-16)30(39)36-10-5-11-37-29(36)23(26)15-33-37)18(3)35-25-9-6-17(2)34-27(25)19-7-8-20(24(31)14-19)28(38)32-4/h6-9,12-15,18,35H,5,10-11H2,1-4H3,(H,32,38). The minimum atomic E-state index is -0.615. The highest BCUT2D eigenvalue weighted by molar-refractivity contribution is 6.07. The van der Waals surface area contributed by atoms with Gasteiger partial charge in [-0.3, -0.25) is 19.1 Å². The number of benzene rings is 2. The molecule has 1 unspecified atom stereocenters. The third-order valence-corrected chi connectivity index (χ3v) is 7.46. The predicted molar refractivity (Wildman–Crippen MR) is 151 cm³/mol. The molecule has 9 heteroatoms. The van der Waals surface area contributed by atoms with E-state index in [9.17, 15) is 14.0 Å². The van der Waals surface area contributed by atoms with Crippen molar-refractivity contribution in [2.45, 2.75) is 46.3 Å². The lowest BCUT2D eigenvalue weighted by Crippen LogP contribution is -2.27. The lowest BCUT2D eigenvalue weighted by molar-refractivity contribution is 0.0959. The van der Waals surface area contributed by atoms with Crippen LogP contribution in [0.25, 0.3) is 33.1 Å². The minimum absolute atomic E-state index is 0.000438. The third-order valence-electron chi connectivity index (χ3n) is 7.46. The summed E-state index contributed by atoms with van der Waals surface area (Å²) in [4.78, 5) is 30.3. The van der Waals surface area contributed by atoms with Crippen LogP contribution in [0.5, 0.6) is 0 Å². The van der Waals surface area contributed by atoms with Crippen LogP contribution in [0.1, 0.15) is 46.6 Å². The molecule has 0 spiro atoms. The maximum absolute atomic E-state index is 14.9. The van der Waals surface area contributed by atoms with E-state index in [0.29, 0.717) is 23.2 Å². The average Bonchev–Trinajstić information content (AvgIpc) is 3.36. The van der Waals surface area contributed by atoms with Crippen LogP contribution >= 0.6 is 0 Å². The molecule has 8 nitrogen and oxygen atoms in total. The predicted octanol–water partition coefficient (Wildman–Crippen LogP) is 5.11. The van der Waals surface area contributed by atoms with Crippen molar-refractivity contribution < 1.29 is 9.18 Å². The monoisotopic (exact) mass is 524 g/mol. The maximum Gasteiger partial charge on any atom is 0.260 e. The number of fused-ring (bicyclic) bond motifs is 2. The van der Waals surface area contributed by atoms with Crippen LogP contribution in [0.4, 0.5) is 10.1 Å². The Bertz CT molecular complexity index is 1850. The maximum atomic E-state index is 14.9. The van der Waals surface area contributed by atoms with E-state index in [1.54, 1.807) is 6.07 Å². The molecular weight excluding hydrogens is 495 g/mol. The Labute approximate surface area is 224 Å². The molecule has 0 fully saturated rings. The van der Waals surface area contributed by atoms with Gasteiger partial charge in [0.2, 0.25) is 0 Å². The molecule has 0 bridgehead atoms. The zero-order chi connectivity index (χ0) is 27.4. The second-order valence-electron chi connectivity index (χ2n) is 10.2. The Morgan fingerprint density at radius 2 is 1.90 bits per heavy atom. The number of halogens is 1. The molecule has 1 aliphatic heterocycles. The van der Waals surface area contributed by atoms with Gasteiger partial charge in [-0.1, -0.05) is 12.1 Å². The number of pyridine rings is 2. The molecule has 0 saturated carbocycles. The Hall–Kier alpha value is -4.53. The van der Waals surface area contributed by atoms with Crippen LogP contribution in [-0.2, 0) is 13.1 Å². The van der Waals surface area contributed by atoms with Crippen molar-refractivity contribution in [3.05, 3.63) is 87.2 Å². The van der Waals surface area contributed by atoms with Gasteiger partial charge in [-0.05, 0) is 68.7 Å². The van der Waals surface area contributed by atoms with Crippen molar-refractivity contribution in [1.82, 2.24) is 24.6 Å². The summed E-state index contributed by atoms with van der Waals surface area (Å²) in [5.41, 5.74) is 5.45. The van der Waals surface area contributed by atoms with E-state index < -0.39 is 11.7 Å². The van der Waals surface area contributed by atoms with Crippen LogP contribution in [0.15, 0.2) is 53.5 Å². The number of hydrogen-bond acceptors (Lipinski definition) is 5. The number of amides is 1. The molecule has 1 amide bonds. The minimum Gasteiger partial charge on any atom is -0.377 e. The van der Waals surface area contributed by atoms with Gasteiger partial charge in [0.25, 0.3) is 11.5 Å². The largest absolute Gasteiger partial charge is 0.377 e. The van der Waals surface area contributed by atoms with Gasteiger partial charge in [0.05, 0.1) is 23.1 Å². The highest BCUT2D eigenvalue weighted by atomic mass is 19.1. The zero-order valence-electron chi connectivity index (χ0n) is 22.3. The molecule has 4 heterocycles. The molecule has 5 aromatic rings. The first kappa shape index (κ1) is 24.8. The summed E-state index contributed by atoms with van der Waals surface area (Å²) in [5.74, 6) is -1.10. The number of nitrogens with zero attached hydrogens (tertiary/aromatic N) is 4. The van der Waals surface area contributed by atoms with Crippen LogP contribution in [0.2, 0.25) is 0 Å². The summed E-state index contributed by atoms with van der Waals surface area (Å²) in [5, 5.41) is 13.2. The summed E-state index contributed by atoms with van der Waals surface area (Å²) in [6, 6.07) is 12.2. The van der Waals surface area contributed by atoms with Gasteiger partial charge in [0.1, 0.15) is 11.5 Å². The number of aryl methyl sites for hydroxylation is 4. The molecule has 1 atom stereocenters. The Morgan fingerprint density at radius 3 is 2.67 bits per heavy atom. The number of nitrogens with one attached hydrogen (secondary N) is 2. The van der Waals surface area contributed by atoms with Gasteiger partial charge in [-0.25, -0.2) is 9.07 Å². The second-order valence-corrected chi connectivity index (χ2v) is 10.2. The van der Waals surface area contributed by atoms with E-state index in [1.165, 1.54) is 19.2 Å². The van der Waals surface area contributed by atoms with Crippen molar-refractivity contribution in [3.63, 3.8) is 0 Å². The van der Waals surface area contributed by atoms with Crippen LogP contribution in [0.3, 0.4) is 0 Å². The van der Waals surface area contributed by atoms with Gasteiger partial charge < -0.3 is 10.6 Å². The van der Waals surface area contributed by atoms with E-state index in [1.807, 2.05) is 54.4 Å². The fourth-order valence-electron chi connectivity index (χ4n) is 5.64. The smallest absolute Gasteiger partial charge is 0.260 e. The van der Waals surface area contributed by atoms with E-state index in [0.717, 1.165) is 51.9 Å². The summed E-state index contributed by atoms with van der Waals surface area (Å²) in [7, 11) is 1.47. The molecule has 3 aromatic heterocycles. The van der Waals surface area contributed by atoms with Gasteiger partial charge in [-0.15, -0.1) is 0 Å². The highest BCUT2D eigenvalue weighted by Crippen LogP contribution is 2.35. The van der Waals surface area contributed by atoms with Crippen LogP contribution in [0, 0.1) is 19.7 Å². The number of carbonyl (C=O) groups excluding carboxylic acids is 1. The molecule has 2 aromatic carbocycles. The fraction of sp³-hybridized carbons (Fsp3) is 0.267. The average molecular weight is 525 g/mol. The first-order chi connectivity index (χ1) is 18.8. The van der Waals surface area contributed by atoms with E-state index >= 15 is 0 Å². The van der Waals surface area contributed by atoms with Crippen LogP contribution < -0.4 is 16.2 Å². The van der Waals surface area contributed by atoms with Crippen molar-refractivity contribution in [1.29, 1.82) is 0 Å². The molecule has 0 saturated heterocycles. The molecule has 0 radical (unpaired) electrons. The topological polar surface area (TPSA) is 93.8 Å².